The van der Waals surface area contributed by atoms with Gasteiger partial charge in [0.25, 0.3) is 0 Å². The molecular formula is C19H20ClN5O. The first kappa shape index (κ1) is 17.9. The van der Waals surface area contributed by atoms with Gasteiger partial charge in [0.05, 0.1) is 19.0 Å². The second kappa shape index (κ2) is 7.58. The van der Waals surface area contributed by atoms with Crippen molar-refractivity contribution in [1.82, 2.24) is 15.2 Å². The largest absolute Gasteiger partial charge is 0.495 e. The van der Waals surface area contributed by atoms with Crippen LogP contribution in [0.15, 0.2) is 36.5 Å². The van der Waals surface area contributed by atoms with Gasteiger partial charge in [0.1, 0.15) is 5.75 Å². The lowest BCUT2D eigenvalue weighted by Crippen LogP contribution is -2.04. The fraction of sp³-hybridized carbons (Fsp3) is 0.211. The van der Waals surface area contributed by atoms with E-state index in [9.17, 15) is 0 Å². The van der Waals surface area contributed by atoms with E-state index in [0.29, 0.717) is 22.5 Å². The van der Waals surface area contributed by atoms with Crippen LogP contribution in [0.2, 0.25) is 5.02 Å². The summed E-state index contributed by atoms with van der Waals surface area (Å²) < 4.78 is 5.37. The quantitative estimate of drug-likeness (QED) is 0.663. The van der Waals surface area contributed by atoms with Gasteiger partial charge in [-0.05, 0) is 55.7 Å². The Morgan fingerprint density at radius 1 is 0.962 bits per heavy atom. The van der Waals surface area contributed by atoms with E-state index in [-0.39, 0.29) is 0 Å². The second-order valence-electron chi connectivity index (χ2n) is 6.02. The van der Waals surface area contributed by atoms with Gasteiger partial charge in [-0.25, -0.2) is 0 Å². The highest BCUT2D eigenvalue weighted by Crippen LogP contribution is 2.32. The summed E-state index contributed by atoms with van der Waals surface area (Å²) in [5.74, 6) is 1.56. The molecule has 0 atom stereocenters. The van der Waals surface area contributed by atoms with Gasteiger partial charge in [-0.2, -0.15) is 10.1 Å². The van der Waals surface area contributed by atoms with Crippen LogP contribution < -0.4 is 15.4 Å². The minimum atomic E-state index is 0.360. The Hall–Kier alpha value is -2.86. The Kier molecular flexibility index (Phi) is 5.23. The van der Waals surface area contributed by atoms with E-state index in [0.717, 1.165) is 16.9 Å². The third-order valence-electron chi connectivity index (χ3n) is 4.07. The second-order valence-corrected chi connectivity index (χ2v) is 6.42. The Bertz CT molecular complexity index is 945. The molecule has 0 bridgehead atoms. The number of halogens is 1. The van der Waals surface area contributed by atoms with Gasteiger partial charge in [-0.3, -0.25) is 0 Å². The van der Waals surface area contributed by atoms with E-state index in [1.54, 1.807) is 19.4 Å². The fourth-order valence-corrected chi connectivity index (χ4v) is 2.59. The number of anilines is 4. The van der Waals surface area contributed by atoms with Gasteiger partial charge in [0, 0.05) is 16.8 Å². The smallest absolute Gasteiger partial charge is 0.249 e. The number of methoxy groups -OCH3 is 1. The third-order valence-corrected chi connectivity index (χ3v) is 4.47. The van der Waals surface area contributed by atoms with Crippen molar-refractivity contribution in [2.24, 2.45) is 0 Å². The maximum atomic E-state index is 6.15. The molecule has 0 aliphatic rings. The molecule has 6 nitrogen and oxygen atoms in total. The van der Waals surface area contributed by atoms with Crippen LogP contribution in [0.4, 0.5) is 23.1 Å². The molecule has 1 aromatic heterocycles. The predicted octanol–water partition coefficient (Wildman–Crippen LogP) is 4.95. The van der Waals surface area contributed by atoms with Gasteiger partial charge >= 0.3 is 0 Å². The molecule has 0 saturated heterocycles. The number of rotatable bonds is 5. The Labute approximate surface area is 157 Å². The van der Waals surface area contributed by atoms with Crippen molar-refractivity contribution in [3.05, 3.63) is 58.2 Å². The van der Waals surface area contributed by atoms with Crippen LogP contribution in [0, 0.1) is 20.8 Å². The highest BCUT2D eigenvalue weighted by molar-refractivity contribution is 6.31. The molecule has 1 heterocycles. The zero-order valence-electron chi connectivity index (χ0n) is 15.1. The summed E-state index contributed by atoms with van der Waals surface area (Å²) in [6.07, 6.45) is 1.57. The van der Waals surface area contributed by atoms with Crippen LogP contribution in [-0.4, -0.2) is 22.3 Å². The van der Waals surface area contributed by atoms with Crippen molar-refractivity contribution in [1.29, 1.82) is 0 Å². The molecule has 2 N–H and O–H groups in total. The normalized spacial score (nSPS) is 10.5. The maximum Gasteiger partial charge on any atom is 0.249 e. The first-order chi connectivity index (χ1) is 12.5. The van der Waals surface area contributed by atoms with Crippen molar-refractivity contribution in [2.75, 3.05) is 17.7 Å². The summed E-state index contributed by atoms with van der Waals surface area (Å²) in [4.78, 5) is 4.46. The molecule has 3 rings (SSSR count). The number of ether oxygens (including phenoxy) is 1. The zero-order chi connectivity index (χ0) is 18.7. The van der Waals surface area contributed by atoms with Crippen LogP contribution in [-0.2, 0) is 0 Å². The predicted molar refractivity (Wildman–Crippen MR) is 105 cm³/mol. The van der Waals surface area contributed by atoms with E-state index >= 15 is 0 Å². The summed E-state index contributed by atoms with van der Waals surface area (Å²) in [6.45, 7) is 6.07. The fourth-order valence-electron chi connectivity index (χ4n) is 2.43. The summed E-state index contributed by atoms with van der Waals surface area (Å²) in [7, 11) is 1.59. The molecule has 0 radical (unpaired) electrons. The van der Waals surface area contributed by atoms with Gasteiger partial charge in [-0.15, -0.1) is 5.10 Å². The first-order valence-corrected chi connectivity index (χ1v) is 8.49. The Morgan fingerprint density at radius 2 is 1.77 bits per heavy atom. The van der Waals surface area contributed by atoms with E-state index < -0.39 is 0 Å². The van der Waals surface area contributed by atoms with Gasteiger partial charge in [0.15, 0.2) is 5.82 Å². The van der Waals surface area contributed by atoms with Crippen molar-refractivity contribution < 1.29 is 4.74 Å². The lowest BCUT2D eigenvalue weighted by atomic mass is 10.1. The number of aromatic nitrogens is 3. The van der Waals surface area contributed by atoms with Crippen LogP contribution in [0.25, 0.3) is 0 Å². The monoisotopic (exact) mass is 369 g/mol. The number of hydrogen-bond acceptors (Lipinski definition) is 6. The summed E-state index contributed by atoms with van der Waals surface area (Å²) in [6, 6.07) is 9.77. The minimum absolute atomic E-state index is 0.360. The average molecular weight is 370 g/mol. The number of hydrogen-bond donors (Lipinski definition) is 2. The highest BCUT2D eigenvalue weighted by atomic mass is 35.5. The molecule has 26 heavy (non-hydrogen) atoms. The van der Waals surface area contributed by atoms with Crippen LogP contribution in [0.3, 0.4) is 0 Å². The molecule has 0 amide bonds. The lowest BCUT2D eigenvalue weighted by Gasteiger charge is -2.12. The molecular weight excluding hydrogens is 350 g/mol. The molecule has 0 fully saturated rings. The van der Waals surface area contributed by atoms with Gasteiger partial charge < -0.3 is 15.4 Å². The molecule has 7 heteroatoms. The molecule has 0 unspecified atom stereocenters. The third kappa shape index (κ3) is 4.03. The van der Waals surface area contributed by atoms with E-state index in [1.807, 2.05) is 19.1 Å². The van der Waals surface area contributed by atoms with E-state index in [4.69, 9.17) is 16.3 Å². The molecule has 0 aliphatic carbocycles. The average Bonchev–Trinajstić information content (AvgIpc) is 2.61. The van der Waals surface area contributed by atoms with Crippen LogP contribution in [0.1, 0.15) is 16.7 Å². The molecule has 0 saturated carbocycles. The number of benzene rings is 2. The number of nitrogens with one attached hydrogen (secondary N) is 2. The van der Waals surface area contributed by atoms with Crippen molar-refractivity contribution in [2.45, 2.75) is 20.8 Å². The van der Waals surface area contributed by atoms with Crippen LogP contribution in [0.5, 0.6) is 5.75 Å². The van der Waals surface area contributed by atoms with Crippen LogP contribution >= 0.6 is 11.6 Å². The standard InChI is InChI=1S/C19H20ClN5O/c1-11-5-6-14(7-12(11)2)22-18-10-21-25-19(24-18)23-16-8-13(3)15(20)9-17(16)26-4/h5-10H,1-4H3,(H2,22,23,24,25). The molecule has 0 aliphatic heterocycles. The first-order valence-electron chi connectivity index (χ1n) is 8.11. The summed E-state index contributed by atoms with van der Waals surface area (Å²) >= 11 is 6.15. The highest BCUT2D eigenvalue weighted by Gasteiger charge is 2.10. The lowest BCUT2D eigenvalue weighted by molar-refractivity contribution is 0.416. The van der Waals surface area contributed by atoms with E-state index in [2.05, 4.69) is 51.8 Å². The van der Waals surface area contributed by atoms with Crippen molar-refractivity contribution in [3.8, 4) is 5.75 Å². The maximum absolute atomic E-state index is 6.15. The number of nitrogens with zero attached hydrogens (tertiary/aromatic N) is 3. The van der Waals surface area contributed by atoms with Gasteiger partial charge in [0.2, 0.25) is 5.95 Å². The van der Waals surface area contributed by atoms with E-state index in [1.165, 1.54) is 11.1 Å². The minimum Gasteiger partial charge on any atom is -0.495 e. The summed E-state index contributed by atoms with van der Waals surface area (Å²) in [5, 5.41) is 15.0. The Balaban J connectivity index is 1.83. The molecule has 134 valence electrons. The van der Waals surface area contributed by atoms with Crippen molar-refractivity contribution in [3.63, 3.8) is 0 Å². The van der Waals surface area contributed by atoms with Crippen molar-refractivity contribution >= 4 is 34.7 Å². The zero-order valence-corrected chi connectivity index (χ0v) is 15.8. The van der Waals surface area contributed by atoms with Gasteiger partial charge in [-0.1, -0.05) is 17.7 Å². The summed E-state index contributed by atoms with van der Waals surface area (Å²) in [5.41, 5.74) is 5.03. The number of aryl methyl sites for hydroxylation is 3. The topological polar surface area (TPSA) is 72.0 Å². The SMILES string of the molecule is COc1cc(Cl)c(C)cc1Nc1nncc(Nc2ccc(C)c(C)c2)n1. The Morgan fingerprint density at radius 3 is 2.50 bits per heavy atom. The molecule has 0 spiro atoms. The molecule has 2 aromatic carbocycles. The molecule has 3 aromatic rings.